The fraction of sp³-hybridized carbons (Fsp3) is 0.176. The number of aromatic nitrogens is 2. The Morgan fingerprint density at radius 3 is 2.70 bits per heavy atom. The molecule has 0 bridgehead atoms. The lowest BCUT2D eigenvalue weighted by atomic mass is 10.0. The van der Waals surface area contributed by atoms with Crippen LogP contribution >= 0.6 is 0 Å². The Bertz CT molecular complexity index is 982. The molecule has 0 aliphatic heterocycles. The van der Waals surface area contributed by atoms with Gasteiger partial charge in [0.2, 0.25) is 0 Å². The summed E-state index contributed by atoms with van der Waals surface area (Å²) < 4.78 is 1.92. The smallest absolute Gasteiger partial charge is 0.345 e. The third-order valence-electron chi connectivity index (χ3n) is 3.87. The van der Waals surface area contributed by atoms with Crippen LogP contribution in [0.1, 0.15) is 28.4 Å². The van der Waals surface area contributed by atoms with Gasteiger partial charge in [-0.25, -0.2) is 4.79 Å². The predicted molar refractivity (Wildman–Crippen MR) is 86.2 cm³/mol. The zero-order valence-electron chi connectivity index (χ0n) is 12.8. The fourth-order valence-corrected chi connectivity index (χ4v) is 2.82. The second kappa shape index (κ2) is 5.31. The Labute approximate surface area is 131 Å². The molecule has 3 heterocycles. The van der Waals surface area contributed by atoms with Crippen molar-refractivity contribution in [1.29, 1.82) is 0 Å². The van der Waals surface area contributed by atoms with Crippen molar-refractivity contribution in [1.82, 2.24) is 9.38 Å². The SMILES string of the molecule is CCc1c(-c2ccc3cc(C)cn3c2)[nH]c(=O)c(C(=O)O)c1O. The number of aromatic amines is 1. The van der Waals surface area contributed by atoms with Gasteiger partial charge in [-0.05, 0) is 37.1 Å². The van der Waals surface area contributed by atoms with Gasteiger partial charge in [0.25, 0.3) is 5.56 Å². The first-order chi connectivity index (χ1) is 10.9. The van der Waals surface area contributed by atoms with Crippen molar-refractivity contribution in [2.24, 2.45) is 0 Å². The molecule has 0 aromatic carbocycles. The van der Waals surface area contributed by atoms with Crippen molar-refractivity contribution >= 4 is 11.5 Å². The number of hydrogen-bond donors (Lipinski definition) is 3. The molecule has 0 unspecified atom stereocenters. The minimum absolute atomic E-state index is 0.390. The van der Waals surface area contributed by atoms with Crippen LogP contribution in [-0.2, 0) is 6.42 Å². The van der Waals surface area contributed by atoms with Gasteiger partial charge in [-0.15, -0.1) is 0 Å². The van der Waals surface area contributed by atoms with Gasteiger partial charge in [0.15, 0.2) is 5.56 Å². The normalized spacial score (nSPS) is 11.0. The largest absolute Gasteiger partial charge is 0.506 e. The summed E-state index contributed by atoms with van der Waals surface area (Å²) in [4.78, 5) is 25.8. The second-order valence-corrected chi connectivity index (χ2v) is 5.46. The summed E-state index contributed by atoms with van der Waals surface area (Å²) in [5, 5.41) is 19.3. The number of carboxylic acids is 1. The first kappa shape index (κ1) is 14.9. The fourth-order valence-electron chi connectivity index (χ4n) is 2.82. The summed E-state index contributed by atoms with van der Waals surface area (Å²) in [5.74, 6) is -1.91. The summed E-state index contributed by atoms with van der Waals surface area (Å²) in [6.45, 7) is 3.78. The van der Waals surface area contributed by atoms with Crippen LogP contribution in [0.5, 0.6) is 5.75 Å². The molecule has 6 heteroatoms. The van der Waals surface area contributed by atoms with Crippen LogP contribution in [0.4, 0.5) is 0 Å². The van der Waals surface area contributed by atoms with Crippen LogP contribution in [0.2, 0.25) is 0 Å². The average Bonchev–Trinajstić information content (AvgIpc) is 2.85. The van der Waals surface area contributed by atoms with E-state index in [-0.39, 0.29) is 0 Å². The third kappa shape index (κ3) is 2.38. The number of carbonyl (C=O) groups is 1. The van der Waals surface area contributed by atoms with Gasteiger partial charge in [-0.1, -0.05) is 6.92 Å². The first-order valence-corrected chi connectivity index (χ1v) is 7.22. The highest BCUT2D eigenvalue weighted by Crippen LogP contribution is 2.30. The number of fused-ring (bicyclic) bond motifs is 1. The molecule has 3 aromatic rings. The molecule has 0 radical (unpaired) electrons. The van der Waals surface area contributed by atoms with Crippen LogP contribution < -0.4 is 5.56 Å². The van der Waals surface area contributed by atoms with E-state index in [1.165, 1.54) is 0 Å². The Kier molecular flexibility index (Phi) is 3.44. The van der Waals surface area contributed by atoms with Crippen LogP contribution in [-0.4, -0.2) is 25.6 Å². The molecule has 0 saturated carbocycles. The van der Waals surface area contributed by atoms with Crippen molar-refractivity contribution in [3.8, 4) is 17.0 Å². The Morgan fingerprint density at radius 1 is 1.30 bits per heavy atom. The van der Waals surface area contributed by atoms with Crippen LogP contribution in [0.15, 0.2) is 35.4 Å². The number of pyridine rings is 2. The lowest BCUT2D eigenvalue weighted by Crippen LogP contribution is -2.20. The molecule has 6 nitrogen and oxygen atoms in total. The van der Waals surface area contributed by atoms with Crippen LogP contribution in [0, 0.1) is 6.92 Å². The minimum Gasteiger partial charge on any atom is -0.506 e. The molecule has 0 spiro atoms. The van der Waals surface area contributed by atoms with Gasteiger partial charge in [-0.3, -0.25) is 4.79 Å². The maximum absolute atomic E-state index is 12.0. The Balaban J connectivity index is 2.29. The van der Waals surface area contributed by atoms with E-state index < -0.39 is 22.8 Å². The molecule has 0 saturated heterocycles. The molecular weight excluding hydrogens is 296 g/mol. The monoisotopic (exact) mass is 312 g/mol. The van der Waals surface area contributed by atoms with E-state index in [1.54, 1.807) is 6.92 Å². The highest BCUT2D eigenvalue weighted by molar-refractivity contribution is 5.91. The predicted octanol–water partition coefficient (Wildman–Crippen LogP) is 2.57. The molecule has 0 atom stereocenters. The molecule has 3 rings (SSSR count). The summed E-state index contributed by atoms with van der Waals surface area (Å²) in [6, 6.07) is 5.76. The van der Waals surface area contributed by atoms with Crippen molar-refractivity contribution in [3.05, 3.63) is 57.6 Å². The standard InChI is InChI=1S/C17H16N2O4/c1-3-12-14(18-16(21)13(15(12)20)17(22)23)10-4-5-11-6-9(2)7-19(11)8-10/h4-8H,3H2,1-2H3,(H,22,23)(H2,18,20,21). The van der Waals surface area contributed by atoms with E-state index in [9.17, 15) is 14.7 Å². The van der Waals surface area contributed by atoms with Gasteiger partial charge in [-0.2, -0.15) is 0 Å². The second-order valence-electron chi connectivity index (χ2n) is 5.46. The van der Waals surface area contributed by atoms with E-state index in [4.69, 9.17) is 5.11 Å². The number of hydrogen-bond acceptors (Lipinski definition) is 3. The molecular formula is C17H16N2O4. The van der Waals surface area contributed by atoms with Crippen molar-refractivity contribution < 1.29 is 15.0 Å². The number of aromatic carboxylic acids is 1. The molecule has 0 aliphatic rings. The van der Waals surface area contributed by atoms with Crippen molar-refractivity contribution in [3.63, 3.8) is 0 Å². The molecule has 118 valence electrons. The lowest BCUT2D eigenvalue weighted by molar-refractivity contribution is 0.0691. The van der Waals surface area contributed by atoms with Gasteiger partial charge < -0.3 is 19.6 Å². The van der Waals surface area contributed by atoms with Gasteiger partial charge in [0.05, 0.1) is 5.69 Å². The number of aromatic hydroxyl groups is 1. The summed E-state index contributed by atoms with van der Waals surface area (Å²) in [7, 11) is 0. The van der Waals surface area contributed by atoms with Gasteiger partial charge in [0.1, 0.15) is 5.75 Å². The zero-order chi connectivity index (χ0) is 16.7. The number of carboxylic acid groups (broad SMARTS) is 1. The molecule has 23 heavy (non-hydrogen) atoms. The van der Waals surface area contributed by atoms with E-state index in [0.717, 1.165) is 11.1 Å². The van der Waals surface area contributed by atoms with Crippen LogP contribution in [0.25, 0.3) is 16.8 Å². The number of nitrogens with zero attached hydrogens (tertiary/aromatic N) is 1. The Morgan fingerprint density at radius 2 is 2.04 bits per heavy atom. The first-order valence-electron chi connectivity index (χ1n) is 7.22. The highest BCUT2D eigenvalue weighted by atomic mass is 16.4. The zero-order valence-corrected chi connectivity index (χ0v) is 12.8. The van der Waals surface area contributed by atoms with Crippen molar-refractivity contribution in [2.45, 2.75) is 20.3 Å². The van der Waals surface area contributed by atoms with E-state index in [0.29, 0.717) is 23.2 Å². The van der Waals surface area contributed by atoms with E-state index >= 15 is 0 Å². The molecule has 0 aliphatic carbocycles. The number of H-pyrrole nitrogens is 1. The number of nitrogens with one attached hydrogen (secondary N) is 1. The molecule has 0 amide bonds. The molecule has 3 N–H and O–H groups in total. The van der Waals surface area contributed by atoms with Gasteiger partial charge >= 0.3 is 5.97 Å². The quantitative estimate of drug-likeness (QED) is 0.692. The Hall–Kier alpha value is -3.02. The summed E-state index contributed by atoms with van der Waals surface area (Å²) in [6.07, 6.45) is 4.18. The van der Waals surface area contributed by atoms with E-state index in [2.05, 4.69) is 4.98 Å². The van der Waals surface area contributed by atoms with Crippen LogP contribution in [0.3, 0.4) is 0 Å². The highest BCUT2D eigenvalue weighted by Gasteiger charge is 2.21. The minimum atomic E-state index is -1.44. The number of aryl methyl sites for hydroxylation is 1. The van der Waals surface area contributed by atoms with Crippen molar-refractivity contribution in [2.75, 3.05) is 0 Å². The maximum atomic E-state index is 12.0. The van der Waals surface area contributed by atoms with E-state index in [1.807, 2.05) is 41.9 Å². The van der Waals surface area contributed by atoms with Gasteiger partial charge in [0, 0.05) is 29.0 Å². The molecule has 0 fully saturated rings. The number of rotatable bonds is 3. The molecule has 3 aromatic heterocycles. The topological polar surface area (TPSA) is 94.8 Å². The lowest BCUT2D eigenvalue weighted by Gasteiger charge is -2.12. The summed E-state index contributed by atoms with van der Waals surface area (Å²) in [5.41, 5.74) is 2.23. The third-order valence-corrected chi connectivity index (χ3v) is 3.87. The average molecular weight is 312 g/mol. The summed E-state index contributed by atoms with van der Waals surface area (Å²) >= 11 is 0. The maximum Gasteiger partial charge on any atom is 0.345 e.